The summed E-state index contributed by atoms with van der Waals surface area (Å²) in [5.74, 6) is 0. The van der Waals surface area contributed by atoms with E-state index in [4.69, 9.17) is 0 Å². The van der Waals surface area contributed by atoms with E-state index in [9.17, 15) is 5.11 Å². The largest absolute Gasteiger partial charge is 0.393 e. The summed E-state index contributed by atoms with van der Waals surface area (Å²) in [6.07, 6.45) is 25.1. The van der Waals surface area contributed by atoms with Crippen LogP contribution < -0.4 is 0 Å². The molecule has 0 saturated carbocycles. The number of aliphatic hydroxyl groups excluding tert-OH is 1. The molecule has 0 aromatic rings. The minimum atomic E-state index is -0.109. The summed E-state index contributed by atoms with van der Waals surface area (Å²) in [5.41, 5.74) is 0. The first-order chi connectivity index (χ1) is 10.3. The van der Waals surface area contributed by atoms with Crippen LogP contribution in [0.2, 0.25) is 0 Å². The Bertz CT molecular complexity index is 242. The highest BCUT2D eigenvalue weighted by molar-refractivity contribution is 4.84. The minimum absolute atomic E-state index is 0.109. The summed E-state index contributed by atoms with van der Waals surface area (Å²) < 4.78 is 0. The maximum absolute atomic E-state index is 9.42. The van der Waals surface area contributed by atoms with E-state index in [2.05, 4.69) is 31.2 Å². The third kappa shape index (κ3) is 17.4. The molecule has 0 spiro atoms. The predicted molar refractivity (Wildman–Crippen MR) is 95.7 cm³/mol. The van der Waals surface area contributed by atoms with Crippen molar-refractivity contribution in [1.82, 2.24) is 0 Å². The van der Waals surface area contributed by atoms with Crippen molar-refractivity contribution in [2.24, 2.45) is 0 Å². The summed E-state index contributed by atoms with van der Waals surface area (Å²) in [6.45, 7) is 4.30. The average molecular weight is 295 g/mol. The van der Waals surface area contributed by atoms with Gasteiger partial charge < -0.3 is 5.11 Å². The molecule has 0 rings (SSSR count). The van der Waals surface area contributed by atoms with E-state index in [0.717, 1.165) is 19.3 Å². The van der Waals surface area contributed by atoms with Crippen LogP contribution in [0.5, 0.6) is 0 Å². The molecule has 124 valence electrons. The third-order valence-corrected chi connectivity index (χ3v) is 3.94. The molecule has 0 fully saturated rings. The zero-order valence-corrected chi connectivity index (χ0v) is 14.5. The van der Waals surface area contributed by atoms with Crippen LogP contribution in [0.25, 0.3) is 0 Å². The molecule has 1 atom stereocenters. The van der Waals surface area contributed by atoms with Crippen LogP contribution in [0.1, 0.15) is 97.3 Å². The van der Waals surface area contributed by atoms with Crippen molar-refractivity contribution < 1.29 is 5.11 Å². The van der Waals surface area contributed by atoms with Gasteiger partial charge in [0.25, 0.3) is 0 Å². The van der Waals surface area contributed by atoms with Gasteiger partial charge in [-0.3, -0.25) is 0 Å². The maximum Gasteiger partial charge on any atom is 0.0540 e. The Balaban J connectivity index is 3.19. The lowest BCUT2D eigenvalue weighted by atomic mass is 10.1. The first kappa shape index (κ1) is 20.4. The Morgan fingerprint density at radius 3 is 1.67 bits per heavy atom. The van der Waals surface area contributed by atoms with Crippen molar-refractivity contribution in [3.8, 4) is 0 Å². The number of aliphatic hydroxyl groups is 1. The van der Waals surface area contributed by atoms with Crippen molar-refractivity contribution in [3.63, 3.8) is 0 Å². The highest BCUT2D eigenvalue weighted by atomic mass is 16.3. The molecule has 0 heterocycles. The Morgan fingerprint density at radius 1 is 0.667 bits per heavy atom. The number of hydrogen-bond donors (Lipinski definition) is 1. The van der Waals surface area contributed by atoms with Gasteiger partial charge in [-0.05, 0) is 57.8 Å². The lowest BCUT2D eigenvalue weighted by molar-refractivity contribution is 0.161. The van der Waals surface area contributed by atoms with Crippen LogP contribution >= 0.6 is 0 Å². The number of unbranched alkanes of at least 4 members (excludes halogenated alkanes) is 8. The van der Waals surface area contributed by atoms with Gasteiger partial charge in [0, 0.05) is 0 Å². The van der Waals surface area contributed by atoms with E-state index in [0.29, 0.717) is 0 Å². The first-order valence-corrected chi connectivity index (χ1v) is 9.29. The van der Waals surface area contributed by atoms with Gasteiger partial charge in [0.2, 0.25) is 0 Å². The van der Waals surface area contributed by atoms with Gasteiger partial charge in [0.05, 0.1) is 6.10 Å². The molecule has 0 aromatic heterocycles. The molecule has 0 aromatic carbocycles. The Labute approximate surface area is 133 Å². The molecule has 1 unspecified atom stereocenters. The SMILES string of the molecule is CCCCCCCC=CCCCCC=CCCC(O)CC. The molecule has 0 aliphatic heterocycles. The highest BCUT2D eigenvalue weighted by Crippen LogP contribution is 2.07. The molecule has 1 heteroatoms. The van der Waals surface area contributed by atoms with Crippen molar-refractivity contribution in [3.05, 3.63) is 24.3 Å². The fraction of sp³-hybridized carbons (Fsp3) is 0.800. The third-order valence-electron chi connectivity index (χ3n) is 3.94. The van der Waals surface area contributed by atoms with Crippen molar-refractivity contribution in [2.75, 3.05) is 0 Å². The van der Waals surface area contributed by atoms with E-state index >= 15 is 0 Å². The van der Waals surface area contributed by atoms with Crippen molar-refractivity contribution in [2.45, 2.75) is 103 Å². The van der Waals surface area contributed by atoms with Crippen LogP contribution in [0.3, 0.4) is 0 Å². The zero-order valence-electron chi connectivity index (χ0n) is 14.5. The normalized spacial score (nSPS) is 13.5. The average Bonchev–Trinajstić information content (AvgIpc) is 2.50. The molecule has 1 nitrogen and oxygen atoms in total. The predicted octanol–water partition coefficient (Wildman–Crippen LogP) is 6.57. The molecule has 21 heavy (non-hydrogen) atoms. The Morgan fingerprint density at radius 2 is 1.14 bits per heavy atom. The first-order valence-electron chi connectivity index (χ1n) is 9.29. The van der Waals surface area contributed by atoms with E-state index in [-0.39, 0.29) is 6.10 Å². The molecule has 0 aliphatic carbocycles. The Kier molecular flexibility index (Phi) is 17.0. The second kappa shape index (κ2) is 17.5. The summed E-state index contributed by atoms with van der Waals surface area (Å²) >= 11 is 0. The van der Waals surface area contributed by atoms with E-state index in [1.807, 2.05) is 6.92 Å². The van der Waals surface area contributed by atoms with Gasteiger partial charge >= 0.3 is 0 Å². The molecule has 1 N–H and O–H groups in total. The standard InChI is InChI=1S/C20H38O/c1-3-5-6-7-8-9-10-11-12-13-14-15-16-17-18-19-20(21)4-2/h10-11,16-17,20-21H,3-9,12-15,18-19H2,1-2H3. The lowest BCUT2D eigenvalue weighted by Crippen LogP contribution is -2.02. The number of hydrogen-bond acceptors (Lipinski definition) is 1. The Hall–Kier alpha value is -0.560. The summed E-state index contributed by atoms with van der Waals surface area (Å²) in [6, 6.07) is 0. The summed E-state index contributed by atoms with van der Waals surface area (Å²) in [5, 5.41) is 9.42. The van der Waals surface area contributed by atoms with Gasteiger partial charge in [-0.15, -0.1) is 0 Å². The molecule has 0 aliphatic rings. The second-order valence-electron chi connectivity index (χ2n) is 6.07. The topological polar surface area (TPSA) is 20.2 Å². The van der Waals surface area contributed by atoms with Gasteiger partial charge in [-0.25, -0.2) is 0 Å². The second-order valence-corrected chi connectivity index (χ2v) is 6.07. The van der Waals surface area contributed by atoms with Crippen molar-refractivity contribution in [1.29, 1.82) is 0 Å². The van der Waals surface area contributed by atoms with E-state index in [1.54, 1.807) is 0 Å². The number of allylic oxidation sites excluding steroid dienone is 4. The fourth-order valence-electron chi connectivity index (χ4n) is 2.35. The van der Waals surface area contributed by atoms with Crippen LogP contribution in [-0.4, -0.2) is 11.2 Å². The monoisotopic (exact) mass is 294 g/mol. The van der Waals surface area contributed by atoms with E-state index in [1.165, 1.54) is 64.2 Å². The number of rotatable bonds is 15. The maximum atomic E-state index is 9.42. The molecular weight excluding hydrogens is 256 g/mol. The fourth-order valence-corrected chi connectivity index (χ4v) is 2.35. The highest BCUT2D eigenvalue weighted by Gasteiger charge is 1.96. The van der Waals surface area contributed by atoms with Crippen LogP contribution in [0.15, 0.2) is 24.3 Å². The molecule has 0 amide bonds. The van der Waals surface area contributed by atoms with Crippen LogP contribution in [0.4, 0.5) is 0 Å². The quantitative estimate of drug-likeness (QED) is 0.267. The smallest absolute Gasteiger partial charge is 0.0540 e. The molecule has 0 bridgehead atoms. The van der Waals surface area contributed by atoms with Crippen LogP contribution in [-0.2, 0) is 0 Å². The summed E-state index contributed by atoms with van der Waals surface area (Å²) in [7, 11) is 0. The van der Waals surface area contributed by atoms with Crippen molar-refractivity contribution >= 4 is 0 Å². The van der Waals surface area contributed by atoms with Gasteiger partial charge in [-0.2, -0.15) is 0 Å². The zero-order chi connectivity index (χ0) is 15.6. The molecular formula is C20H38O. The summed E-state index contributed by atoms with van der Waals surface area (Å²) in [4.78, 5) is 0. The van der Waals surface area contributed by atoms with E-state index < -0.39 is 0 Å². The van der Waals surface area contributed by atoms with Gasteiger partial charge in [-0.1, -0.05) is 63.8 Å². The lowest BCUT2D eigenvalue weighted by Gasteiger charge is -2.03. The molecule has 0 radical (unpaired) electrons. The molecule has 0 saturated heterocycles. The van der Waals surface area contributed by atoms with Gasteiger partial charge in [0.1, 0.15) is 0 Å². The van der Waals surface area contributed by atoms with Crippen LogP contribution in [0, 0.1) is 0 Å². The van der Waals surface area contributed by atoms with Gasteiger partial charge in [0.15, 0.2) is 0 Å². The minimum Gasteiger partial charge on any atom is -0.393 e.